The van der Waals surface area contributed by atoms with Crippen molar-refractivity contribution in [2.75, 3.05) is 6.54 Å². The van der Waals surface area contributed by atoms with E-state index in [4.69, 9.17) is 5.11 Å². The fourth-order valence-corrected chi connectivity index (χ4v) is 2.54. The maximum Gasteiger partial charge on any atom is 0.303 e. The zero-order chi connectivity index (χ0) is 15.5. The van der Waals surface area contributed by atoms with Crippen molar-refractivity contribution in [1.29, 1.82) is 0 Å². The summed E-state index contributed by atoms with van der Waals surface area (Å²) in [6.45, 7) is 0.279. The second-order valence-electron chi connectivity index (χ2n) is 5.41. The molecule has 0 atom stereocenters. The normalized spacial score (nSPS) is 15.8. The Morgan fingerprint density at radius 3 is 2.62 bits per heavy atom. The van der Waals surface area contributed by atoms with Gasteiger partial charge in [-0.3, -0.25) is 19.7 Å². The molecule has 0 aliphatic heterocycles. The molecule has 2 N–H and O–H groups in total. The fourth-order valence-electron chi connectivity index (χ4n) is 2.54. The van der Waals surface area contributed by atoms with E-state index in [2.05, 4.69) is 5.32 Å². The molecule has 1 aromatic rings. The average molecular weight is 292 g/mol. The number of benzene rings is 1. The molecule has 0 saturated heterocycles. The summed E-state index contributed by atoms with van der Waals surface area (Å²) in [7, 11) is 0. The van der Waals surface area contributed by atoms with Crippen molar-refractivity contribution in [1.82, 2.24) is 5.32 Å². The largest absolute Gasteiger partial charge is 0.481 e. The van der Waals surface area contributed by atoms with Crippen molar-refractivity contribution in [2.45, 2.75) is 25.7 Å². The minimum Gasteiger partial charge on any atom is -0.481 e. The van der Waals surface area contributed by atoms with Crippen LogP contribution in [0.3, 0.4) is 0 Å². The van der Waals surface area contributed by atoms with Crippen LogP contribution < -0.4 is 5.32 Å². The van der Waals surface area contributed by atoms with E-state index in [0.717, 1.165) is 19.3 Å². The van der Waals surface area contributed by atoms with Crippen molar-refractivity contribution in [3.63, 3.8) is 0 Å². The molecule has 21 heavy (non-hydrogen) atoms. The number of carbonyl (C=O) groups excluding carboxylic acids is 1. The number of carbonyl (C=O) groups is 2. The lowest BCUT2D eigenvalue weighted by molar-refractivity contribution is -0.384. The molecule has 0 radical (unpaired) electrons. The van der Waals surface area contributed by atoms with Gasteiger partial charge in [-0.1, -0.05) is 12.5 Å². The highest BCUT2D eigenvalue weighted by molar-refractivity contribution is 5.94. The Labute approximate surface area is 121 Å². The monoisotopic (exact) mass is 292 g/mol. The van der Waals surface area contributed by atoms with Crippen LogP contribution in [0.15, 0.2) is 24.3 Å². The number of nitrogens with one attached hydrogen (secondary N) is 1. The average Bonchev–Trinajstić information content (AvgIpc) is 2.41. The number of hydrogen-bond acceptors (Lipinski definition) is 4. The Balaban J connectivity index is 2.00. The lowest BCUT2D eigenvalue weighted by Gasteiger charge is -2.40. The number of aliphatic carboxylic acids is 1. The Morgan fingerprint density at radius 2 is 2.10 bits per heavy atom. The summed E-state index contributed by atoms with van der Waals surface area (Å²) in [5, 5.41) is 22.3. The third-order valence-corrected chi connectivity index (χ3v) is 3.88. The molecule has 2 rings (SSSR count). The van der Waals surface area contributed by atoms with Crippen LogP contribution in [0.5, 0.6) is 0 Å². The highest BCUT2D eigenvalue weighted by Gasteiger charge is 2.39. The van der Waals surface area contributed by atoms with E-state index in [1.54, 1.807) is 0 Å². The molecule has 112 valence electrons. The topological polar surface area (TPSA) is 110 Å². The Morgan fingerprint density at radius 1 is 1.38 bits per heavy atom. The van der Waals surface area contributed by atoms with Crippen LogP contribution in [-0.2, 0) is 4.79 Å². The fraction of sp³-hybridized carbons (Fsp3) is 0.429. The first-order chi connectivity index (χ1) is 9.92. The lowest BCUT2D eigenvalue weighted by atomic mass is 9.66. The number of non-ortho nitro benzene ring substituents is 1. The molecule has 1 amide bonds. The molecule has 1 aliphatic carbocycles. The van der Waals surface area contributed by atoms with Crippen LogP contribution in [0.1, 0.15) is 36.0 Å². The number of nitro benzene ring substituents is 1. The smallest absolute Gasteiger partial charge is 0.303 e. The van der Waals surface area contributed by atoms with Gasteiger partial charge in [0.25, 0.3) is 11.6 Å². The van der Waals surface area contributed by atoms with E-state index >= 15 is 0 Å². The number of amides is 1. The van der Waals surface area contributed by atoms with Gasteiger partial charge in [0.05, 0.1) is 11.3 Å². The molecular weight excluding hydrogens is 276 g/mol. The first-order valence-electron chi connectivity index (χ1n) is 6.66. The molecule has 7 heteroatoms. The predicted octanol–water partition coefficient (Wildman–Crippen LogP) is 1.97. The number of hydrogen-bond donors (Lipinski definition) is 2. The molecule has 0 spiro atoms. The van der Waals surface area contributed by atoms with Gasteiger partial charge < -0.3 is 10.4 Å². The van der Waals surface area contributed by atoms with Gasteiger partial charge in [-0.25, -0.2) is 0 Å². The first kappa shape index (κ1) is 15.0. The molecule has 7 nitrogen and oxygen atoms in total. The maximum atomic E-state index is 12.0. The summed E-state index contributed by atoms with van der Waals surface area (Å²) in [5.41, 5.74) is -0.317. The van der Waals surface area contributed by atoms with Crippen molar-refractivity contribution in [2.24, 2.45) is 5.41 Å². The van der Waals surface area contributed by atoms with Crippen LogP contribution in [0.2, 0.25) is 0 Å². The number of nitro groups is 1. The van der Waals surface area contributed by atoms with Gasteiger partial charge in [0.2, 0.25) is 0 Å². The SMILES string of the molecule is O=C(O)CC1(CNC(=O)c2cccc([N+](=O)[O-])c2)CCC1. The van der Waals surface area contributed by atoms with Gasteiger partial charge in [-0.05, 0) is 24.3 Å². The van der Waals surface area contributed by atoms with Crippen LogP contribution in [0.4, 0.5) is 5.69 Å². The van der Waals surface area contributed by atoms with E-state index in [1.807, 2.05) is 0 Å². The Bertz CT molecular complexity index is 580. The summed E-state index contributed by atoms with van der Waals surface area (Å²) in [6.07, 6.45) is 2.53. The van der Waals surface area contributed by atoms with E-state index < -0.39 is 16.8 Å². The Hall–Kier alpha value is -2.44. The number of carboxylic acids is 1. The van der Waals surface area contributed by atoms with Gasteiger partial charge in [0.1, 0.15) is 0 Å². The van der Waals surface area contributed by atoms with Crippen molar-refractivity contribution in [3.05, 3.63) is 39.9 Å². The zero-order valence-corrected chi connectivity index (χ0v) is 11.4. The molecule has 0 aromatic heterocycles. The van der Waals surface area contributed by atoms with E-state index in [-0.39, 0.29) is 29.6 Å². The summed E-state index contributed by atoms with van der Waals surface area (Å²) in [6, 6.07) is 5.46. The summed E-state index contributed by atoms with van der Waals surface area (Å²) in [4.78, 5) is 33.0. The Kier molecular flexibility index (Phi) is 4.21. The first-order valence-corrected chi connectivity index (χ1v) is 6.66. The lowest BCUT2D eigenvalue weighted by Crippen LogP contribution is -2.43. The van der Waals surface area contributed by atoms with Crippen molar-refractivity contribution in [3.8, 4) is 0 Å². The van der Waals surface area contributed by atoms with Crippen LogP contribution in [-0.4, -0.2) is 28.5 Å². The molecule has 0 unspecified atom stereocenters. The molecule has 1 aromatic carbocycles. The van der Waals surface area contributed by atoms with Gasteiger partial charge in [-0.15, -0.1) is 0 Å². The number of rotatable bonds is 6. The van der Waals surface area contributed by atoms with Crippen LogP contribution in [0.25, 0.3) is 0 Å². The summed E-state index contributed by atoms with van der Waals surface area (Å²) in [5.74, 6) is -1.30. The van der Waals surface area contributed by atoms with Crippen LogP contribution >= 0.6 is 0 Å². The minimum absolute atomic E-state index is 0.0300. The van der Waals surface area contributed by atoms with Gasteiger partial charge in [0.15, 0.2) is 0 Å². The third-order valence-electron chi connectivity index (χ3n) is 3.88. The minimum atomic E-state index is -0.876. The zero-order valence-electron chi connectivity index (χ0n) is 11.4. The number of nitrogens with zero attached hydrogens (tertiary/aromatic N) is 1. The maximum absolute atomic E-state index is 12.0. The van der Waals surface area contributed by atoms with Gasteiger partial charge in [0, 0.05) is 24.2 Å². The molecule has 1 saturated carbocycles. The van der Waals surface area contributed by atoms with E-state index in [0.29, 0.717) is 0 Å². The molecule has 1 aliphatic rings. The summed E-state index contributed by atoms with van der Waals surface area (Å²) >= 11 is 0. The van der Waals surface area contributed by atoms with Crippen LogP contribution in [0, 0.1) is 15.5 Å². The third kappa shape index (κ3) is 3.56. The predicted molar refractivity (Wildman–Crippen MR) is 74.0 cm³/mol. The molecule has 1 fully saturated rings. The second kappa shape index (κ2) is 5.90. The van der Waals surface area contributed by atoms with Crippen molar-refractivity contribution >= 4 is 17.6 Å². The quantitative estimate of drug-likeness (QED) is 0.615. The molecule has 0 bridgehead atoms. The summed E-state index contributed by atoms with van der Waals surface area (Å²) < 4.78 is 0. The van der Waals surface area contributed by atoms with E-state index in [1.165, 1.54) is 24.3 Å². The highest BCUT2D eigenvalue weighted by atomic mass is 16.6. The number of carboxylic acid groups (broad SMARTS) is 1. The van der Waals surface area contributed by atoms with Gasteiger partial charge in [-0.2, -0.15) is 0 Å². The standard InChI is InChI=1S/C14H16N2O5/c17-12(18)8-14(5-2-6-14)9-15-13(19)10-3-1-4-11(7-10)16(20)21/h1,3-4,7H,2,5-6,8-9H2,(H,15,19)(H,17,18). The highest BCUT2D eigenvalue weighted by Crippen LogP contribution is 2.43. The molecular formula is C14H16N2O5. The molecule has 0 heterocycles. The second-order valence-corrected chi connectivity index (χ2v) is 5.41. The van der Waals surface area contributed by atoms with E-state index in [9.17, 15) is 19.7 Å². The van der Waals surface area contributed by atoms with Crippen molar-refractivity contribution < 1.29 is 19.6 Å². The van der Waals surface area contributed by atoms with Gasteiger partial charge >= 0.3 is 5.97 Å².